The molecule has 1 saturated heterocycles. The number of ether oxygens (including phenoxy) is 1. The number of benzene rings is 2. The van der Waals surface area contributed by atoms with Gasteiger partial charge in [0.25, 0.3) is 0 Å². The summed E-state index contributed by atoms with van der Waals surface area (Å²) in [6.07, 6.45) is 3.96. The molecule has 0 radical (unpaired) electrons. The third-order valence-corrected chi connectivity index (χ3v) is 6.10. The molecule has 0 aliphatic carbocycles. The van der Waals surface area contributed by atoms with Crippen LogP contribution in [-0.2, 0) is 0 Å². The van der Waals surface area contributed by atoms with E-state index in [-0.39, 0.29) is 12.6 Å². The van der Waals surface area contributed by atoms with Gasteiger partial charge in [-0.3, -0.25) is 4.90 Å². The van der Waals surface area contributed by atoms with Gasteiger partial charge in [0.05, 0.1) is 11.6 Å². The topological polar surface area (TPSA) is 45.6 Å². The van der Waals surface area contributed by atoms with E-state index in [0.717, 1.165) is 48.4 Å². The molecule has 1 aromatic heterocycles. The Balaban J connectivity index is 1.35. The standard InChI is InChI=1S/C26H24Cl2N2O2/c27-22-8-6-20(7-9-22)21-16-25(28)26(29-17-21)12-5-19-3-10-24(11-4-19)32-15-14-30-13-1-2-23(30)18-31/h3-4,6-11,16-17,23,31H,1-2,13-15,18H2/t23-/m0/s1. The van der Waals surface area contributed by atoms with Crippen molar-refractivity contribution in [3.63, 3.8) is 0 Å². The van der Waals surface area contributed by atoms with Crippen LogP contribution in [0.15, 0.2) is 60.8 Å². The zero-order valence-electron chi connectivity index (χ0n) is 17.6. The number of likely N-dealkylation sites (tertiary alicyclic amines) is 1. The maximum atomic E-state index is 9.40. The van der Waals surface area contributed by atoms with Crippen molar-refractivity contribution in [2.24, 2.45) is 0 Å². The molecule has 1 aliphatic rings. The fourth-order valence-corrected chi connectivity index (χ4v) is 4.11. The molecular weight excluding hydrogens is 443 g/mol. The first-order valence-electron chi connectivity index (χ1n) is 10.6. The first kappa shape index (κ1) is 22.6. The van der Waals surface area contributed by atoms with Crippen LogP contribution in [0.4, 0.5) is 0 Å². The van der Waals surface area contributed by atoms with Crippen molar-refractivity contribution in [3.05, 3.63) is 82.1 Å². The maximum Gasteiger partial charge on any atom is 0.132 e. The molecule has 2 aromatic carbocycles. The molecule has 32 heavy (non-hydrogen) atoms. The number of hydrogen-bond acceptors (Lipinski definition) is 4. The highest BCUT2D eigenvalue weighted by atomic mass is 35.5. The number of hydrogen-bond donors (Lipinski definition) is 1. The molecule has 0 unspecified atom stereocenters. The largest absolute Gasteiger partial charge is 0.492 e. The lowest BCUT2D eigenvalue weighted by Gasteiger charge is -2.22. The van der Waals surface area contributed by atoms with Gasteiger partial charge < -0.3 is 9.84 Å². The Kier molecular flexibility index (Phi) is 7.68. The summed E-state index contributed by atoms with van der Waals surface area (Å²) in [5, 5.41) is 10.6. The Morgan fingerprint density at radius 1 is 1.03 bits per heavy atom. The number of pyridine rings is 1. The van der Waals surface area contributed by atoms with Gasteiger partial charge in [-0.15, -0.1) is 0 Å². The van der Waals surface area contributed by atoms with Crippen LogP contribution >= 0.6 is 23.2 Å². The van der Waals surface area contributed by atoms with Crippen LogP contribution in [0.25, 0.3) is 11.1 Å². The summed E-state index contributed by atoms with van der Waals surface area (Å²) >= 11 is 12.4. The highest BCUT2D eigenvalue weighted by Crippen LogP contribution is 2.25. The van der Waals surface area contributed by atoms with Crippen molar-refractivity contribution < 1.29 is 9.84 Å². The number of aliphatic hydroxyl groups is 1. The summed E-state index contributed by atoms with van der Waals surface area (Å²) in [6, 6.07) is 17.3. The summed E-state index contributed by atoms with van der Waals surface area (Å²) < 4.78 is 5.85. The molecule has 0 amide bonds. The minimum Gasteiger partial charge on any atom is -0.492 e. The lowest BCUT2D eigenvalue weighted by atomic mass is 10.1. The van der Waals surface area contributed by atoms with Crippen molar-refractivity contribution in [1.82, 2.24) is 9.88 Å². The molecule has 3 aromatic rings. The fraction of sp³-hybridized carbons (Fsp3) is 0.269. The fourth-order valence-electron chi connectivity index (χ4n) is 3.77. The Hall–Kier alpha value is -2.55. The summed E-state index contributed by atoms with van der Waals surface area (Å²) in [5.74, 6) is 6.95. The third kappa shape index (κ3) is 5.82. The third-order valence-electron chi connectivity index (χ3n) is 5.56. The molecule has 6 heteroatoms. The van der Waals surface area contributed by atoms with Gasteiger partial charge in [0, 0.05) is 34.9 Å². The minimum atomic E-state index is 0.218. The van der Waals surface area contributed by atoms with Gasteiger partial charge in [-0.2, -0.15) is 0 Å². The molecule has 2 heterocycles. The molecule has 1 atom stereocenters. The van der Waals surface area contributed by atoms with Crippen LogP contribution in [0, 0.1) is 11.8 Å². The molecule has 1 N–H and O–H groups in total. The van der Waals surface area contributed by atoms with E-state index >= 15 is 0 Å². The van der Waals surface area contributed by atoms with E-state index in [4.69, 9.17) is 27.9 Å². The van der Waals surface area contributed by atoms with E-state index in [1.807, 2.05) is 54.6 Å². The summed E-state index contributed by atoms with van der Waals surface area (Å²) in [4.78, 5) is 6.70. The maximum absolute atomic E-state index is 9.40. The average Bonchev–Trinajstić information content (AvgIpc) is 3.27. The van der Waals surface area contributed by atoms with Crippen LogP contribution in [0.2, 0.25) is 10.0 Å². The van der Waals surface area contributed by atoms with Gasteiger partial charge in [0.15, 0.2) is 0 Å². The molecule has 164 valence electrons. The summed E-state index contributed by atoms with van der Waals surface area (Å²) in [5.41, 5.74) is 3.30. The van der Waals surface area contributed by atoms with Gasteiger partial charge in [-0.1, -0.05) is 41.3 Å². The Morgan fingerprint density at radius 2 is 1.81 bits per heavy atom. The lowest BCUT2D eigenvalue weighted by Crippen LogP contribution is -2.35. The van der Waals surface area contributed by atoms with Gasteiger partial charge in [0.1, 0.15) is 18.1 Å². The van der Waals surface area contributed by atoms with E-state index < -0.39 is 0 Å². The van der Waals surface area contributed by atoms with Gasteiger partial charge >= 0.3 is 0 Å². The summed E-state index contributed by atoms with van der Waals surface area (Å²) in [7, 11) is 0. The van der Waals surface area contributed by atoms with E-state index in [0.29, 0.717) is 22.3 Å². The van der Waals surface area contributed by atoms with Crippen LogP contribution < -0.4 is 4.74 Å². The number of aliphatic hydroxyl groups excluding tert-OH is 1. The highest BCUT2D eigenvalue weighted by Gasteiger charge is 2.22. The van der Waals surface area contributed by atoms with Crippen molar-refractivity contribution in [1.29, 1.82) is 0 Å². The zero-order valence-corrected chi connectivity index (χ0v) is 19.1. The smallest absolute Gasteiger partial charge is 0.132 e. The lowest BCUT2D eigenvalue weighted by molar-refractivity contribution is 0.139. The Morgan fingerprint density at radius 3 is 2.53 bits per heavy atom. The van der Waals surface area contributed by atoms with Crippen LogP contribution in [0.3, 0.4) is 0 Å². The second-order valence-electron chi connectivity index (χ2n) is 7.70. The number of halogens is 2. The van der Waals surface area contributed by atoms with E-state index in [1.54, 1.807) is 6.20 Å². The molecule has 4 rings (SSSR count). The second-order valence-corrected chi connectivity index (χ2v) is 8.54. The molecule has 0 spiro atoms. The Bertz CT molecular complexity index is 1110. The first-order chi connectivity index (χ1) is 15.6. The minimum absolute atomic E-state index is 0.218. The van der Waals surface area contributed by atoms with Crippen molar-refractivity contribution >= 4 is 23.2 Å². The number of aromatic nitrogens is 1. The second kappa shape index (κ2) is 10.8. The predicted molar refractivity (Wildman–Crippen MR) is 129 cm³/mol. The van der Waals surface area contributed by atoms with Crippen molar-refractivity contribution in [3.8, 4) is 28.7 Å². The van der Waals surface area contributed by atoms with E-state index in [1.165, 1.54) is 0 Å². The highest BCUT2D eigenvalue weighted by molar-refractivity contribution is 6.32. The Labute approximate surface area is 198 Å². The van der Waals surface area contributed by atoms with Crippen LogP contribution in [-0.4, -0.2) is 47.3 Å². The number of nitrogens with zero attached hydrogens (tertiary/aromatic N) is 2. The van der Waals surface area contributed by atoms with Crippen molar-refractivity contribution in [2.45, 2.75) is 18.9 Å². The normalized spacial score (nSPS) is 15.9. The van der Waals surface area contributed by atoms with E-state index in [9.17, 15) is 5.11 Å². The molecule has 0 saturated carbocycles. The molecule has 1 fully saturated rings. The van der Waals surface area contributed by atoms with Gasteiger partial charge in [0.2, 0.25) is 0 Å². The first-order valence-corrected chi connectivity index (χ1v) is 11.4. The van der Waals surface area contributed by atoms with Gasteiger partial charge in [-0.25, -0.2) is 4.98 Å². The quantitative estimate of drug-likeness (QED) is 0.501. The molecule has 1 aliphatic heterocycles. The monoisotopic (exact) mass is 466 g/mol. The summed E-state index contributed by atoms with van der Waals surface area (Å²) in [6.45, 7) is 2.67. The predicted octanol–water partition coefficient (Wildman–Crippen LogP) is 5.29. The number of rotatable bonds is 6. The van der Waals surface area contributed by atoms with Crippen molar-refractivity contribution in [2.75, 3.05) is 26.3 Å². The molecule has 0 bridgehead atoms. The van der Waals surface area contributed by atoms with Crippen LogP contribution in [0.1, 0.15) is 24.1 Å². The van der Waals surface area contributed by atoms with Gasteiger partial charge in [-0.05, 0) is 73.3 Å². The molecular formula is C26H24Cl2N2O2. The zero-order chi connectivity index (χ0) is 22.3. The van der Waals surface area contributed by atoms with Crippen LogP contribution in [0.5, 0.6) is 5.75 Å². The SMILES string of the molecule is OC[C@@H]1CCCN1CCOc1ccc(C#Cc2ncc(-c3ccc(Cl)cc3)cc2Cl)cc1. The average molecular weight is 467 g/mol. The molecule has 4 nitrogen and oxygen atoms in total. The van der Waals surface area contributed by atoms with E-state index in [2.05, 4.69) is 21.7 Å².